The Morgan fingerprint density at radius 1 is 0.895 bits per heavy atom. The number of carbonyl (C=O) groups is 1. The molecule has 0 aromatic heterocycles. The molecule has 0 amide bonds. The fraction of sp³-hybridized carbons (Fsp3) is 0.938. The van der Waals surface area contributed by atoms with E-state index in [9.17, 15) is 4.79 Å². The topological polar surface area (TPSA) is 49.3 Å². The van der Waals surface area contributed by atoms with E-state index in [2.05, 4.69) is 12.2 Å². The number of unbranched alkanes of at least 4 members (excludes halogenated alkanes) is 9. The highest BCUT2D eigenvalue weighted by Crippen LogP contribution is 2.10. The van der Waals surface area contributed by atoms with Gasteiger partial charge >= 0.3 is 5.97 Å². The molecule has 2 N–H and O–H groups in total. The molecule has 0 atom stereocenters. The molecule has 0 aromatic carbocycles. The van der Waals surface area contributed by atoms with Gasteiger partial charge in [0.05, 0.1) is 0 Å². The third kappa shape index (κ3) is 11.0. The molecule has 0 heterocycles. The molecular weight excluding hydrogens is 238 g/mol. The lowest BCUT2D eigenvalue weighted by molar-refractivity contribution is -0.143. The van der Waals surface area contributed by atoms with Gasteiger partial charge in [-0.3, -0.25) is 4.79 Å². The Morgan fingerprint density at radius 2 is 1.32 bits per heavy atom. The van der Waals surface area contributed by atoms with E-state index < -0.39 is 11.5 Å². The second-order valence-electron chi connectivity index (χ2n) is 6.04. The van der Waals surface area contributed by atoms with Gasteiger partial charge in [0.25, 0.3) is 0 Å². The van der Waals surface area contributed by atoms with Crippen LogP contribution in [0.3, 0.4) is 0 Å². The van der Waals surface area contributed by atoms with Gasteiger partial charge in [0.2, 0.25) is 0 Å². The summed E-state index contributed by atoms with van der Waals surface area (Å²) >= 11 is 0. The first-order chi connectivity index (χ1) is 9.00. The Balaban J connectivity index is 3.21. The molecule has 0 aliphatic carbocycles. The zero-order valence-corrected chi connectivity index (χ0v) is 13.1. The number of carboxylic acid groups (broad SMARTS) is 1. The van der Waals surface area contributed by atoms with Crippen molar-refractivity contribution >= 4 is 5.97 Å². The largest absolute Gasteiger partial charge is 0.480 e. The summed E-state index contributed by atoms with van der Waals surface area (Å²) in [5.41, 5.74) is -0.792. The monoisotopic (exact) mass is 271 g/mol. The van der Waals surface area contributed by atoms with E-state index in [1.807, 2.05) is 0 Å². The quantitative estimate of drug-likeness (QED) is 0.489. The molecule has 0 bridgehead atoms. The molecule has 0 rings (SSSR count). The number of hydrogen-bond acceptors (Lipinski definition) is 2. The Hall–Kier alpha value is -0.570. The van der Waals surface area contributed by atoms with Crippen LogP contribution >= 0.6 is 0 Å². The zero-order valence-electron chi connectivity index (χ0n) is 13.1. The van der Waals surface area contributed by atoms with Crippen LogP contribution in [0, 0.1) is 0 Å². The standard InChI is InChI=1S/C16H33NO2/c1-4-5-6-7-8-9-10-11-12-13-14-17-16(2,3)15(18)19/h17H,4-14H2,1-3H3,(H,18,19). The van der Waals surface area contributed by atoms with E-state index >= 15 is 0 Å². The highest BCUT2D eigenvalue weighted by atomic mass is 16.4. The van der Waals surface area contributed by atoms with Crippen LogP contribution < -0.4 is 5.32 Å². The third-order valence-corrected chi connectivity index (χ3v) is 3.63. The number of carboxylic acids is 1. The molecule has 19 heavy (non-hydrogen) atoms. The second-order valence-corrected chi connectivity index (χ2v) is 6.04. The van der Waals surface area contributed by atoms with Crippen LogP contribution in [0.1, 0.15) is 85.0 Å². The summed E-state index contributed by atoms with van der Waals surface area (Å²) < 4.78 is 0. The van der Waals surface area contributed by atoms with Crippen molar-refractivity contribution in [3.05, 3.63) is 0 Å². The molecule has 3 nitrogen and oxygen atoms in total. The van der Waals surface area contributed by atoms with Crippen molar-refractivity contribution in [3.8, 4) is 0 Å². The molecule has 0 saturated heterocycles. The van der Waals surface area contributed by atoms with Gasteiger partial charge in [-0.05, 0) is 26.8 Å². The first-order valence-electron chi connectivity index (χ1n) is 7.99. The number of nitrogens with one attached hydrogen (secondary N) is 1. The lowest BCUT2D eigenvalue weighted by Gasteiger charge is -2.20. The van der Waals surface area contributed by atoms with Crippen molar-refractivity contribution in [1.29, 1.82) is 0 Å². The Bertz CT molecular complexity index is 227. The van der Waals surface area contributed by atoms with Crippen molar-refractivity contribution in [3.63, 3.8) is 0 Å². The lowest BCUT2D eigenvalue weighted by Crippen LogP contribution is -2.46. The zero-order chi connectivity index (χ0) is 14.6. The Labute approximate surface area is 119 Å². The maximum atomic E-state index is 10.9. The fourth-order valence-corrected chi connectivity index (χ4v) is 2.09. The minimum Gasteiger partial charge on any atom is -0.480 e. The molecule has 0 unspecified atom stereocenters. The molecule has 114 valence electrons. The Kier molecular flexibility index (Phi) is 10.9. The summed E-state index contributed by atoms with van der Waals surface area (Å²) in [5.74, 6) is -0.778. The van der Waals surface area contributed by atoms with Gasteiger partial charge in [0.15, 0.2) is 0 Å². The van der Waals surface area contributed by atoms with Gasteiger partial charge in [-0.2, -0.15) is 0 Å². The molecule has 0 radical (unpaired) electrons. The summed E-state index contributed by atoms with van der Waals surface area (Å²) in [6.07, 6.45) is 13.1. The van der Waals surface area contributed by atoms with E-state index in [-0.39, 0.29) is 0 Å². The summed E-state index contributed by atoms with van der Waals surface area (Å²) in [4.78, 5) is 10.9. The van der Waals surface area contributed by atoms with Crippen molar-refractivity contribution in [2.75, 3.05) is 6.54 Å². The smallest absolute Gasteiger partial charge is 0.323 e. The molecule has 0 aromatic rings. The maximum absolute atomic E-state index is 10.9. The van der Waals surface area contributed by atoms with Gasteiger partial charge in [0.1, 0.15) is 5.54 Å². The lowest BCUT2D eigenvalue weighted by atomic mass is 10.0. The Morgan fingerprint density at radius 3 is 1.74 bits per heavy atom. The molecular formula is C16H33NO2. The minimum absolute atomic E-state index is 0.778. The minimum atomic E-state index is -0.792. The number of hydrogen-bond donors (Lipinski definition) is 2. The van der Waals surface area contributed by atoms with Crippen LogP contribution in [-0.2, 0) is 4.79 Å². The van der Waals surface area contributed by atoms with Gasteiger partial charge in [-0.25, -0.2) is 0 Å². The van der Waals surface area contributed by atoms with Crippen molar-refractivity contribution in [2.24, 2.45) is 0 Å². The molecule has 0 aliphatic heterocycles. The van der Waals surface area contributed by atoms with E-state index in [4.69, 9.17) is 5.11 Å². The van der Waals surface area contributed by atoms with Crippen LogP contribution in [-0.4, -0.2) is 23.2 Å². The highest BCUT2D eigenvalue weighted by Gasteiger charge is 2.25. The number of aliphatic carboxylic acids is 1. The molecule has 0 aliphatic rings. The average Bonchev–Trinajstić information content (AvgIpc) is 2.35. The summed E-state index contributed by atoms with van der Waals surface area (Å²) in [5, 5.41) is 12.0. The van der Waals surface area contributed by atoms with E-state index in [1.54, 1.807) is 13.8 Å². The van der Waals surface area contributed by atoms with Gasteiger partial charge in [0, 0.05) is 0 Å². The average molecular weight is 271 g/mol. The predicted molar refractivity (Wildman–Crippen MR) is 81.6 cm³/mol. The summed E-state index contributed by atoms with van der Waals surface area (Å²) in [7, 11) is 0. The second kappa shape index (κ2) is 11.3. The first-order valence-corrected chi connectivity index (χ1v) is 7.99. The van der Waals surface area contributed by atoms with E-state index in [0.717, 1.165) is 13.0 Å². The summed E-state index contributed by atoms with van der Waals surface area (Å²) in [6, 6.07) is 0. The van der Waals surface area contributed by atoms with Crippen molar-refractivity contribution in [2.45, 2.75) is 90.5 Å². The molecule has 0 spiro atoms. The van der Waals surface area contributed by atoms with Gasteiger partial charge in [-0.1, -0.05) is 64.7 Å². The number of rotatable bonds is 13. The van der Waals surface area contributed by atoms with Crippen molar-refractivity contribution in [1.82, 2.24) is 5.32 Å². The van der Waals surface area contributed by atoms with E-state index in [1.165, 1.54) is 57.8 Å². The van der Waals surface area contributed by atoms with Crippen LogP contribution in [0.15, 0.2) is 0 Å². The first kappa shape index (κ1) is 18.4. The van der Waals surface area contributed by atoms with Gasteiger partial charge < -0.3 is 10.4 Å². The summed E-state index contributed by atoms with van der Waals surface area (Å²) in [6.45, 7) is 6.48. The third-order valence-electron chi connectivity index (χ3n) is 3.63. The van der Waals surface area contributed by atoms with Crippen LogP contribution in [0.25, 0.3) is 0 Å². The molecule has 0 fully saturated rings. The van der Waals surface area contributed by atoms with Crippen LogP contribution in [0.5, 0.6) is 0 Å². The highest BCUT2D eigenvalue weighted by molar-refractivity contribution is 5.77. The van der Waals surface area contributed by atoms with Crippen LogP contribution in [0.4, 0.5) is 0 Å². The fourth-order valence-electron chi connectivity index (χ4n) is 2.09. The van der Waals surface area contributed by atoms with Crippen molar-refractivity contribution < 1.29 is 9.90 Å². The molecule has 3 heteroatoms. The van der Waals surface area contributed by atoms with Gasteiger partial charge in [-0.15, -0.1) is 0 Å². The SMILES string of the molecule is CCCCCCCCCCCCNC(C)(C)C(=O)O. The normalized spacial score (nSPS) is 11.7. The van der Waals surface area contributed by atoms with Crippen LogP contribution in [0.2, 0.25) is 0 Å². The maximum Gasteiger partial charge on any atom is 0.323 e. The predicted octanol–water partition coefficient (Wildman–Crippen LogP) is 4.36. The van der Waals surface area contributed by atoms with E-state index in [0.29, 0.717) is 0 Å². The molecule has 0 saturated carbocycles.